The second kappa shape index (κ2) is 5.05. The van der Waals surface area contributed by atoms with E-state index in [1.165, 1.54) is 57.5 Å². The van der Waals surface area contributed by atoms with Crippen LogP contribution in [0.3, 0.4) is 0 Å². The predicted molar refractivity (Wildman–Crippen MR) is 88.6 cm³/mol. The molecule has 0 aromatic heterocycles. The zero-order chi connectivity index (χ0) is 14.6. The summed E-state index contributed by atoms with van der Waals surface area (Å²) in [5.74, 6) is 0.930. The maximum absolute atomic E-state index is 3.46. The first kappa shape index (κ1) is 13.5. The fraction of sp³-hybridized carbons (Fsp3) is 0.684. The van der Waals surface area contributed by atoms with E-state index in [1.54, 1.807) is 0 Å². The number of hydrogen-bond acceptors (Lipinski definition) is 3. The minimum atomic E-state index is 0.714. The molecule has 5 rings (SSSR count). The number of fused-ring (bicyclic) bond motifs is 1. The Labute approximate surface area is 133 Å². The van der Waals surface area contributed by atoms with E-state index >= 15 is 0 Å². The molecule has 0 bridgehead atoms. The molecule has 0 amide bonds. The van der Waals surface area contributed by atoms with Gasteiger partial charge in [0.15, 0.2) is 0 Å². The average Bonchev–Trinajstić information content (AvgIpc) is 2.99. The monoisotopic (exact) mass is 297 g/mol. The Morgan fingerprint density at radius 2 is 1.91 bits per heavy atom. The number of benzene rings is 1. The number of likely N-dealkylation sites (tertiary alicyclic amines) is 2. The van der Waals surface area contributed by atoms with Crippen LogP contribution in [0, 0.1) is 11.3 Å². The zero-order valence-electron chi connectivity index (χ0n) is 13.4. The first-order chi connectivity index (χ1) is 10.8. The fourth-order valence-corrected chi connectivity index (χ4v) is 5.36. The third-order valence-electron chi connectivity index (χ3n) is 6.77. The van der Waals surface area contributed by atoms with E-state index in [1.807, 2.05) is 0 Å². The van der Waals surface area contributed by atoms with Gasteiger partial charge >= 0.3 is 0 Å². The van der Waals surface area contributed by atoms with Gasteiger partial charge < -0.3 is 5.32 Å². The highest BCUT2D eigenvalue weighted by atomic mass is 15.3. The van der Waals surface area contributed by atoms with Crippen LogP contribution in [0.15, 0.2) is 30.3 Å². The lowest BCUT2D eigenvalue weighted by molar-refractivity contribution is -0.0311. The van der Waals surface area contributed by atoms with Crippen molar-refractivity contribution in [3.8, 4) is 0 Å². The smallest absolute Gasteiger partial charge is 0.0267 e. The Hall–Kier alpha value is -0.900. The summed E-state index contributed by atoms with van der Waals surface area (Å²) in [5, 5.41) is 3.46. The van der Waals surface area contributed by atoms with Gasteiger partial charge in [-0.3, -0.25) is 9.80 Å². The van der Waals surface area contributed by atoms with Crippen molar-refractivity contribution < 1.29 is 0 Å². The summed E-state index contributed by atoms with van der Waals surface area (Å²) in [4.78, 5) is 5.58. The normalized spacial score (nSPS) is 34.5. The maximum Gasteiger partial charge on any atom is 0.0267 e. The molecule has 1 N–H and O–H groups in total. The van der Waals surface area contributed by atoms with Gasteiger partial charge in [-0.1, -0.05) is 30.3 Å². The highest BCUT2D eigenvalue weighted by Crippen LogP contribution is 2.48. The van der Waals surface area contributed by atoms with Crippen LogP contribution in [0.5, 0.6) is 0 Å². The molecular weight excluding hydrogens is 270 g/mol. The topological polar surface area (TPSA) is 18.5 Å². The van der Waals surface area contributed by atoms with Crippen molar-refractivity contribution in [3.63, 3.8) is 0 Å². The molecule has 3 aliphatic heterocycles. The molecule has 1 spiro atoms. The van der Waals surface area contributed by atoms with Gasteiger partial charge in [0.2, 0.25) is 0 Å². The van der Waals surface area contributed by atoms with Crippen LogP contribution >= 0.6 is 0 Å². The Bertz CT molecular complexity index is 531. The van der Waals surface area contributed by atoms with Crippen LogP contribution in [0.25, 0.3) is 0 Å². The number of nitrogens with zero attached hydrogens (tertiary/aromatic N) is 2. The molecule has 2 atom stereocenters. The minimum Gasteiger partial charge on any atom is -0.316 e. The summed E-state index contributed by atoms with van der Waals surface area (Å²) in [6, 6.07) is 12.7. The van der Waals surface area contributed by atoms with Crippen molar-refractivity contribution in [1.29, 1.82) is 0 Å². The quantitative estimate of drug-likeness (QED) is 0.920. The lowest BCUT2D eigenvalue weighted by atomic mass is 9.61. The van der Waals surface area contributed by atoms with Crippen LogP contribution in [0.4, 0.5) is 0 Å². The molecule has 1 saturated carbocycles. The van der Waals surface area contributed by atoms with Crippen molar-refractivity contribution in [3.05, 3.63) is 35.9 Å². The summed E-state index contributed by atoms with van der Waals surface area (Å²) < 4.78 is 0. The van der Waals surface area contributed by atoms with E-state index in [0.29, 0.717) is 5.41 Å². The summed E-state index contributed by atoms with van der Waals surface area (Å²) in [5.41, 5.74) is 2.19. The van der Waals surface area contributed by atoms with E-state index in [9.17, 15) is 0 Å². The SMILES string of the molecule is c1ccc(CN2CCC3CN(C4CC5(CNC5)C4)CC32)cc1. The highest BCUT2D eigenvalue weighted by Gasteiger charge is 2.53. The Kier molecular flexibility index (Phi) is 3.11. The molecule has 1 aromatic rings. The van der Waals surface area contributed by atoms with Crippen LogP contribution in [0.1, 0.15) is 24.8 Å². The lowest BCUT2D eigenvalue weighted by Crippen LogP contribution is -2.65. The summed E-state index contributed by atoms with van der Waals surface area (Å²) in [7, 11) is 0. The molecule has 1 aliphatic carbocycles. The molecule has 3 heteroatoms. The van der Waals surface area contributed by atoms with Gasteiger partial charge in [-0.2, -0.15) is 0 Å². The number of rotatable bonds is 3. The van der Waals surface area contributed by atoms with Crippen molar-refractivity contribution in [2.45, 2.75) is 37.9 Å². The molecule has 4 fully saturated rings. The van der Waals surface area contributed by atoms with Crippen LogP contribution < -0.4 is 5.32 Å². The van der Waals surface area contributed by atoms with Gasteiger partial charge in [0.1, 0.15) is 0 Å². The first-order valence-electron chi connectivity index (χ1n) is 9.04. The van der Waals surface area contributed by atoms with Gasteiger partial charge in [-0.25, -0.2) is 0 Å². The van der Waals surface area contributed by atoms with Gasteiger partial charge in [0, 0.05) is 44.8 Å². The van der Waals surface area contributed by atoms with Crippen molar-refractivity contribution >= 4 is 0 Å². The maximum atomic E-state index is 3.46. The van der Waals surface area contributed by atoms with Crippen molar-refractivity contribution in [2.75, 3.05) is 32.7 Å². The minimum absolute atomic E-state index is 0.714. The van der Waals surface area contributed by atoms with Crippen LogP contribution in [-0.4, -0.2) is 54.6 Å². The summed E-state index contributed by atoms with van der Waals surface area (Å²) in [6.07, 6.45) is 4.32. The molecule has 0 radical (unpaired) electrons. The molecule has 3 saturated heterocycles. The lowest BCUT2D eigenvalue weighted by Gasteiger charge is -2.57. The third-order valence-corrected chi connectivity index (χ3v) is 6.77. The van der Waals surface area contributed by atoms with Gasteiger partial charge in [0.05, 0.1) is 0 Å². The van der Waals surface area contributed by atoms with Crippen LogP contribution in [-0.2, 0) is 6.54 Å². The van der Waals surface area contributed by atoms with E-state index in [-0.39, 0.29) is 0 Å². The highest BCUT2D eigenvalue weighted by molar-refractivity contribution is 5.16. The number of nitrogens with one attached hydrogen (secondary N) is 1. The molecule has 1 aromatic carbocycles. The number of hydrogen-bond donors (Lipinski definition) is 1. The van der Waals surface area contributed by atoms with Gasteiger partial charge in [-0.05, 0) is 42.7 Å². The molecule has 3 nitrogen and oxygen atoms in total. The second-order valence-corrected chi connectivity index (χ2v) is 8.19. The molecule has 22 heavy (non-hydrogen) atoms. The summed E-state index contributed by atoms with van der Waals surface area (Å²) in [6.45, 7) is 7.70. The molecule has 4 aliphatic rings. The van der Waals surface area contributed by atoms with E-state index < -0.39 is 0 Å². The molecule has 3 heterocycles. The van der Waals surface area contributed by atoms with Crippen LogP contribution in [0.2, 0.25) is 0 Å². The molecular formula is C19H27N3. The molecule has 118 valence electrons. The largest absolute Gasteiger partial charge is 0.316 e. The molecule has 2 unspecified atom stereocenters. The van der Waals surface area contributed by atoms with E-state index in [0.717, 1.165) is 24.5 Å². The van der Waals surface area contributed by atoms with E-state index in [4.69, 9.17) is 0 Å². The standard InChI is InChI=1S/C19H27N3/c1-2-4-15(5-3-1)10-21-7-6-16-11-22(12-18(16)21)17-8-19(9-17)13-20-14-19/h1-5,16-18,20H,6-14H2. The Morgan fingerprint density at radius 1 is 1.09 bits per heavy atom. The van der Waals surface area contributed by atoms with Gasteiger partial charge in [0.25, 0.3) is 0 Å². The third kappa shape index (κ3) is 2.14. The van der Waals surface area contributed by atoms with Crippen molar-refractivity contribution in [1.82, 2.24) is 15.1 Å². The van der Waals surface area contributed by atoms with Gasteiger partial charge in [-0.15, -0.1) is 0 Å². The predicted octanol–water partition coefficient (Wildman–Crippen LogP) is 1.94. The Balaban J connectivity index is 1.21. The summed E-state index contributed by atoms with van der Waals surface area (Å²) >= 11 is 0. The average molecular weight is 297 g/mol. The van der Waals surface area contributed by atoms with Crippen molar-refractivity contribution in [2.24, 2.45) is 11.3 Å². The first-order valence-corrected chi connectivity index (χ1v) is 9.04. The fourth-order valence-electron chi connectivity index (χ4n) is 5.36. The Morgan fingerprint density at radius 3 is 2.64 bits per heavy atom. The zero-order valence-corrected chi connectivity index (χ0v) is 13.4. The van der Waals surface area contributed by atoms with E-state index in [2.05, 4.69) is 45.4 Å². The second-order valence-electron chi connectivity index (χ2n) is 8.19.